The van der Waals surface area contributed by atoms with Crippen molar-refractivity contribution in [3.05, 3.63) is 29.3 Å². The average Bonchev–Trinajstić information content (AvgIpc) is 2.42. The number of hydrogen-bond acceptors (Lipinski definition) is 4. The highest BCUT2D eigenvalue weighted by Gasteiger charge is 2.32. The number of nitrogens with zero attached hydrogens (tertiary/aromatic N) is 1. The van der Waals surface area contributed by atoms with Crippen molar-refractivity contribution in [2.45, 2.75) is 25.3 Å². The SMILES string of the molecule is Cc1ccc(NC2(CO)CCOCC2)c(C#N)c1. The number of aliphatic hydroxyl groups excluding tert-OH is 1. The number of aryl methyl sites for hydroxylation is 1. The van der Waals surface area contributed by atoms with Gasteiger partial charge in [-0.1, -0.05) is 6.07 Å². The fraction of sp³-hybridized carbons (Fsp3) is 0.500. The minimum absolute atomic E-state index is 0.0507. The van der Waals surface area contributed by atoms with Gasteiger partial charge in [-0.05, 0) is 37.5 Å². The molecule has 0 amide bonds. The summed E-state index contributed by atoms with van der Waals surface area (Å²) in [5, 5.41) is 22.1. The van der Waals surface area contributed by atoms with Crippen LogP contribution in [0.3, 0.4) is 0 Å². The van der Waals surface area contributed by atoms with Gasteiger partial charge in [0.2, 0.25) is 0 Å². The maximum Gasteiger partial charge on any atom is 0.101 e. The lowest BCUT2D eigenvalue weighted by Crippen LogP contribution is -2.47. The van der Waals surface area contributed by atoms with E-state index < -0.39 is 0 Å². The van der Waals surface area contributed by atoms with Gasteiger partial charge in [-0.3, -0.25) is 0 Å². The number of benzene rings is 1. The standard InChI is InChI=1S/C14H18N2O2/c1-11-2-3-13(12(8-11)9-15)16-14(10-17)4-6-18-7-5-14/h2-3,8,16-17H,4-7,10H2,1H3. The molecule has 96 valence electrons. The Balaban J connectivity index is 2.24. The predicted molar refractivity (Wildman–Crippen MR) is 69.4 cm³/mol. The van der Waals surface area contributed by atoms with Crippen molar-refractivity contribution in [3.8, 4) is 6.07 Å². The van der Waals surface area contributed by atoms with E-state index >= 15 is 0 Å². The molecule has 2 rings (SSSR count). The first-order valence-electron chi connectivity index (χ1n) is 6.17. The summed E-state index contributed by atoms with van der Waals surface area (Å²) in [4.78, 5) is 0. The minimum atomic E-state index is -0.362. The normalized spacial score (nSPS) is 18.1. The quantitative estimate of drug-likeness (QED) is 0.853. The second-order valence-corrected chi connectivity index (χ2v) is 4.84. The van der Waals surface area contributed by atoms with Crippen LogP contribution in [0.5, 0.6) is 0 Å². The number of rotatable bonds is 3. The number of ether oxygens (including phenoxy) is 1. The van der Waals surface area contributed by atoms with E-state index in [1.165, 1.54) is 0 Å². The maximum atomic E-state index is 9.62. The molecule has 0 aromatic heterocycles. The first-order valence-corrected chi connectivity index (χ1v) is 6.17. The molecule has 0 aliphatic carbocycles. The Morgan fingerprint density at radius 3 is 2.78 bits per heavy atom. The van der Waals surface area contributed by atoms with Crippen LogP contribution < -0.4 is 5.32 Å². The monoisotopic (exact) mass is 246 g/mol. The van der Waals surface area contributed by atoms with Crippen LogP contribution in [0.15, 0.2) is 18.2 Å². The van der Waals surface area contributed by atoms with Gasteiger partial charge in [0.1, 0.15) is 6.07 Å². The smallest absolute Gasteiger partial charge is 0.101 e. The molecule has 1 aliphatic heterocycles. The molecule has 4 nitrogen and oxygen atoms in total. The van der Waals surface area contributed by atoms with E-state index in [0.29, 0.717) is 18.8 Å². The maximum absolute atomic E-state index is 9.62. The molecule has 0 spiro atoms. The highest BCUT2D eigenvalue weighted by atomic mass is 16.5. The fourth-order valence-corrected chi connectivity index (χ4v) is 2.23. The number of nitrogens with one attached hydrogen (secondary N) is 1. The zero-order valence-electron chi connectivity index (χ0n) is 10.6. The van der Waals surface area contributed by atoms with Crippen LogP contribution >= 0.6 is 0 Å². The molecular formula is C14H18N2O2. The van der Waals surface area contributed by atoms with E-state index in [1.54, 1.807) is 0 Å². The van der Waals surface area contributed by atoms with Crippen molar-refractivity contribution in [2.24, 2.45) is 0 Å². The topological polar surface area (TPSA) is 65.3 Å². The van der Waals surface area contributed by atoms with Gasteiger partial charge in [0.15, 0.2) is 0 Å². The van der Waals surface area contributed by atoms with Crippen molar-refractivity contribution in [3.63, 3.8) is 0 Å². The van der Waals surface area contributed by atoms with Crippen LogP contribution in [-0.4, -0.2) is 30.5 Å². The highest BCUT2D eigenvalue weighted by molar-refractivity contribution is 5.60. The number of nitriles is 1. The molecule has 0 radical (unpaired) electrons. The molecule has 0 bridgehead atoms. The van der Waals surface area contributed by atoms with E-state index in [4.69, 9.17) is 10.00 Å². The Morgan fingerprint density at radius 1 is 1.44 bits per heavy atom. The van der Waals surface area contributed by atoms with E-state index in [-0.39, 0.29) is 12.1 Å². The first kappa shape index (κ1) is 12.9. The molecule has 1 aliphatic rings. The molecule has 0 atom stereocenters. The molecule has 18 heavy (non-hydrogen) atoms. The highest BCUT2D eigenvalue weighted by Crippen LogP contribution is 2.27. The van der Waals surface area contributed by atoms with Crippen LogP contribution in [0.25, 0.3) is 0 Å². The van der Waals surface area contributed by atoms with E-state index in [2.05, 4.69) is 11.4 Å². The third kappa shape index (κ3) is 2.63. The molecule has 2 N–H and O–H groups in total. The number of anilines is 1. The zero-order valence-corrected chi connectivity index (χ0v) is 10.6. The second kappa shape index (κ2) is 5.38. The van der Waals surface area contributed by atoms with Gasteiger partial charge in [-0.2, -0.15) is 5.26 Å². The van der Waals surface area contributed by atoms with Crippen LogP contribution in [0, 0.1) is 18.3 Å². The third-order valence-electron chi connectivity index (χ3n) is 3.45. The van der Waals surface area contributed by atoms with Crippen LogP contribution in [0.4, 0.5) is 5.69 Å². The van der Waals surface area contributed by atoms with Crippen LogP contribution in [0.1, 0.15) is 24.0 Å². The van der Waals surface area contributed by atoms with Crippen LogP contribution in [-0.2, 0) is 4.74 Å². The second-order valence-electron chi connectivity index (χ2n) is 4.84. The lowest BCUT2D eigenvalue weighted by molar-refractivity contribution is 0.0380. The van der Waals surface area contributed by atoms with Crippen molar-refractivity contribution in [2.75, 3.05) is 25.1 Å². The summed E-state index contributed by atoms with van der Waals surface area (Å²) in [5.41, 5.74) is 2.11. The molecular weight excluding hydrogens is 228 g/mol. The van der Waals surface area contributed by atoms with E-state index in [1.807, 2.05) is 25.1 Å². The Bertz CT molecular complexity index is 459. The summed E-state index contributed by atoms with van der Waals surface area (Å²) >= 11 is 0. The Kier molecular flexibility index (Phi) is 3.85. The van der Waals surface area contributed by atoms with Gasteiger partial charge in [0.25, 0.3) is 0 Å². The largest absolute Gasteiger partial charge is 0.394 e. The van der Waals surface area contributed by atoms with Gasteiger partial charge in [-0.15, -0.1) is 0 Å². The lowest BCUT2D eigenvalue weighted by Gasteiger charge is -2.37. The van der Waals surface area contributed by atoms with Gasteiger partial charge in [0, 0.05) is 13.2 Å². The van der Waals surface area contributed by atoms with Crippen molar-refractivity contribution < 1.29 is 9.84 Å². The van der Waals surface area contributed by atoms with Gasteiger partial charge >= 0.3 is 0 Å². The Labute approximate surface area is 107 Å². The lowest BCUT2D eigenvalue weighted by atomic mass is 9.90. The summed E-state index contributed by atoms with van der Waals surface area (Å²) in [6.45, 7) is 3.29. The van der Waals surface area contributed by atoms with Crippen LogP contribution in [0.2, 0.25) is 0 Å². The summed E-state index contributed by atoms with van der Waals surface area (Å²) in [6.07, 6.45) is 1.50. The Morgan fingerprint density at radius 2 is 2.17 bits per heavy atom. The molecule has 0 saturated carbocycles. The fourth-order valence-electron chi connectivity index (χ4n) is 2.23. The van der Waals surface area contributed by atoms with E-state index in [0.717, 1.165) is 24.1 Å². The molecule has 1 fully saturated rings. The molecule has 1 saturated heterocycles. The van der Waals surface area contributed by atoms with Crippen molar-refractivity contribution in [1.82, 2.24) is 0 Å². The zero-order chi connectivity index (χ0) is 13.0. The van der Waals surface area contributed by atoms with E-state index in [9.17, 15) is 5.11 Å². The molecule has 1 aromatic carbocycles. The Hall–Kier alpha value is -1.57. The van der Waals surface area contributed by atoms with Gasteiger partial charge in [-0.25, -0.2) is 0 Å². The predicted octanol–water partition coefficient (Wildman–Crippen LogP) is 1.82. The average molecular weight is 246 g/mol. The third-order valence-corrected chi connectivity index (χ3v) is 3.45. The summed E-state index contributed by atoms with van der Waals surface area (Å²) < 4.78 is 5.32. The summed E-state index contributed by atoms with van der Waals surface area (Å²) in [5.74, 6) is 0. The minimum Gasteiger partial charge on any atom is -0.394 e. The molecule has 0 unspecified atom stereocenters. The molecule has 4 heteroatoms. The summed E-state index contributed by atoms with van der Waals surface area (Å²) in [7, 11) is 0. The molecule has 1 aromatic rings. The van der Waals surface area contributed by atoms with Crippen molar-refractivity contribution in [1.29, 1.82) is 5.26 Å². The van der Waals surface area contributed by atoms with Gasteiger partial charge in [0.05, 0.1) is 23.4 Å². The molecule has 1 heterocycles. The number of hydrogen-bond donors (Lipinski definition) is 2. The van der Waals surface area contributed by atoms with Crippen molar-refractivity contribution >= 4 is 5.69 Å². The number of aliphatic hydroxyl groups is 1. The van der Waals surface area contributed by atoms with Gasteiger partial charge < -0.3 is 15.2 Å². The summed E-state index contributed by atoms with van der Waals surface area (Å²) in [6, 6.07) is 7.92. The first-order chi connectivity index (χ1) is 8.69.